The smallest absolute Gasteiger partial charge is 0.126 e. The van der Waals surface area contributed by atoms with E-state index in [1.165, 1.54) is 25.7 Å². The van der Waals surface area contributed by atoms with Gasteiger partial charge in [0.1, 0.15) is 24.2 Å². The fourth-order valence-corrected chi connectivity index (χ4v) is 3.56. The van der Waals surface area contributed by atoms with Crippen molar-refractivity contribution in [1.29, 1.82) is 0 Å². The first-order valence-electron chi connectivity index (χ1n) is 9.99. The van der Waals surface area contributed by atoms with Crippen molar-refractivity contribution in [1.82, 2.24) is 5.32 Å². The lowest BCUT2D eigenvalue weighted by Crippen LogP contribution is -2.36. The van der Waals surface area contributed by atoms with Crippen molar-refractivity contribution in [3.63, 3.8) is 0 Å². The summed E-state index contributed by atoms with van der Waals surface area (Å²) in [6.07, 6.45) is 4.52. The molecule has 1 aromatic carbocycles. The molecule has 0 amide bonds. The minimum Gasteiger partial charge on any atom is -0.497 e. The maximum atomic E-state index is 10.4. The van der Waals surface area contributed by atoms with Gasteiger partial charge >= 0.3 is 0 Å². The van der Waals surface area contributed by atoms with Gasteiger partial charge in [0.05, 0.1) is 7.11 Å². The zero-order valence-electron chi connectivity index (χ0n) is 17.4. The first kappa shape index (κ1) is 21.0. The van der Waals surface area contributed by atoms with Crippen molar-refractivity contribution in [3.8, 4) is 11.5 Å². The second-order valence-electron chi connectivity index (χ2n) is 8.85. The third kappa shape index (κ3) is 5.62. The van der Waals surface area contributed by atoms with Gasteiger partial charge in [0.25, 0.3) is 0 Å². The van der Waals surface area contributed by atoms with Gasteiger partial charge in [-0.25, -0.2) is 0 Å². The predicted molar refractivity (Wildman–Crippen MR) is 108 cm³/mol. The highest BCUT2D eigenvalue weighted by Gasteiger charge is 2.25. The van der Waals surface area contributed by atoms with Crippen LogP contribution in [0.2, 0.25) is 0 Å². The van der Waals surface area contributed by atoms with Crippen LogP contribution in [-0.4, -0.2) is 37.5 Å². The van der Waals surface area contributed by atoms with E-state index in [2.05, 4.69) is 52.1 Å². The molecule has 0 bridgehead atoms. The van der Waals surface area contributed by atoms with Gasteiger partial charge in [-0.1, -0.05) is 47.5 Å². The number of aliphatic hydroxyl groups is 1. The summed E-state index contributed by atoms with van der Waals surface area (Å²) in [7, 11) is 1.70. The van der Waals surface area contributed by atoms with Gasteiger partial charge in [-0.15, -0.1) is 0 Å². The molecule has 1 saturated carbocycles. The van der Waals surface area contributed by atoms with E-state index in [0.717, 1.165) is 22.6 Å². The van der Waals surface area contributed by atoms with Crippen molar-refractivity contribution >= 4 is 0 Å². The lowest BCUT2D eigenvalue weighted by Gasteiger charge is -2.27. The molecule has 0 saturated heterocycles. The summed E-state index contributed by atoms with van der Waals surface area (Å²) in [5.41, 5.74) is 2.18. The highest BCUT2D eigenvalue weighted by Crippen LogP contribution is 2.40. The molecule has 1 aromatic rings. The van der Waals surface area contributed by atoms with Crippen LogP contribution in [0, 0.1) is 0 Å². The van der Waals surface area contributed by atoms with Crippen molar-refractivity contribution < 1.29 is 14.6 Å². The van der Waals surface area contributed by atoms with E-state index < -0.39 is 6.10 Å². The monoisotopic (exact) mass is 363 g/mol. The van der Waals surface area contributed by atoms with E-state index in [1.54, 1.807) is 7.11 Å². The summed E-state index contributed by atoms with van der Waals surface area (Å²) in [6.45, 7) is 11.7. The molecule has 1 unspecified atom stereocenters. The van der Waals surface area contributed by atoms with Gasteiger partial charge in [0.2, 0.25) is 0 Å². The lowest BCUT2D eigenvalue weighted by atomic mass is 9.83. The van der Waals surface area contributed by atoms with E-state index in [9.17, 15) is 5.11 Å². The zero-order chi connectivity index (χ0) is 19.3. The zero-order valence-corrected chi connectivity index (χ0v) is 17.4. The number of ether oxygens (including phenoxy) is 2. The van der Waals surface area contributed by atoms with Crippen molar-refractivity contribution in [2.75, 3.05) is 20.3 Å². The topological polar surface area (TPSA) is 50.7 Å². The van der Waals surface area contributed by atoms with Gasteiger partial charge < -0.3 is 19.9 Å². The standard InChI is InChI=1S/C22H37NO3/c1-15(2)19-11-18(25-6)12-20(22(3,4)5)21(19)26-14-17(24)13-23-16-9-7-8-10-16/h11-12,15-17,23-24H,7-10,13-14H2,1-6H3. The van der Waals surface area contributed by atoms with Gasteiger partial charge in [-0.2, -0.15) is 0 Å². The van der Waals surface area contributed by atoms with Crippen molar-refractivity contribution in [2.24, 2.45) is 0 Å². The number of benzene rings is 1. The minimum atomic E-state index is -0.509. The average molecular weight is 364 g/mol. The van der Waals surface area contributed by atoms with Crippen LogP contribution in [0.15, 0.2) is 12.1 Å². The maximum Gasteiger partial charge on any atom is 0.126 e. The third-order valence-corrected chi connectivity index (χ3v) is 5.17. The second-order valence-corrected chi connectivity index (χ2v) is 8.85. The Morgan fingerprint density at radius 3 is 2.38 bits per heavy atom. The molecular formula is C22H37NO3. The first-order chi connectivity index (χ1) is 12.2. The average Bonchev–Trinajstić information content (AvgIpc) is 3.09. The van der Waals surface area contributed by atoms with E-state index in [0.29, 0.717) is 25.1 Å². The number of hydrogen-bond donors (Lipinski definition) is 2. The highest BCUT2D eigenvalue weighted by atomic mass is 16.5. The van der Waals surface area contributed by atoms with Crippen molar-refractivity contribution in [2.45, 2.75) is 83.8 Å². The highest BCUT2D eigenvalue weighted by molar-refractivity contribution is 5.51. The second kappa shape index (κ2) is 9.09. The summed E-state index contributed by atoms with van der Waals surface area (Å²) in [5, 5.41) is 13.9. The Labute approximate surface area is 159 Å². The van der Waals surface area contributed by atoms with Crippen molar-refractivity contribution in [3.05, 3.63) is 23.3 Å². The molecule has 0 spiro atoms. The molecule has 1 atom stereocenters. The molecule has 1 fully saturated rings. The maximum absolute atomic E-state index is 10.4. The van der Waals surface area contributed by atoms with Crippen LogP contribution in [-0.2, 0) is 5.41 Å². The summed E-state index contributed by atoms with van der Waals surface area (Å²) in [5.74, 6) is 2.07. The number of rotatable bonds is 8. The molecule has 4 heteroatoms. The van der Waals surface area contributed by atoms with Crippen LogP contribution in [0.1, 0.15) is 77.3 Å². The molecule has 148 valence electrons. The van der Waals surface area contributed by atoms with Crippen LogP contribution in [0.5, 0.6) is 11.5 Å². The molecule has 2 N–H and O–H groups in total. The van der Waals surface area contributed by atoms with Crippen LogP contribution >= 0.6 is 0 Å². The fraction of sp³-hybridized carbons (Fsp3) is 0.727. The fourth-order valence-electron chi connectivity index (χ4n) is 3.56. The number of hydrogen-bond acceptors (Lipinski definition) is 4. The van der Waals surface area contributed by atoms with Gasteiger partial charge in [-0.3, -0.25) is 0 Å². The number of aliphatic hydroxyl groups excluding tert-OH is 1. The molecule has 26 heavy (non-hydrogen) atoms. The van der Waals surface area contributed by atoms with E-state index in [1.807, 2.05) is 0 Å². The van der Waals surface area contributed by atoms with Crippen LogP contribution in [0.4, 0.5) is 0 Å². The van der Waals surface area contributed by atoms with E-state index in [-0.39, 0.29) is 5.41 Å². The van der Waals surface area contributed by atoms with E-state index in [4.69, 9.17) is 9.47 Å². The van der Waals surface area contributed by atoms with Crippen LogP contribution < -0.4 is 14.8 Å². The predicted octanol–water partition coefficient (Wildman–Crippen LogP) is 4.39. The quantitative estimate of drug-likeness (QED) is 0.719. The van der Waals surface area contributed by atoms with E-state index >= 15 is 0 Å². The summed E-state index contributed by atoms with van der Waals surface area (Å²) in [6, 6.07) is 4.67. The number of methoxy groups -OCH3 is 1. The first-order valence-corrected chi connectivity index (χ1v) is 9.99. The largest absolute Gasteiger partial charge is 0.497 e. The Hall–Kier alpha value is -1.26. The molecule has 4 nitrogen and oxygen atoms in total. The summed E-state index contributed by atoms with van der Waals surface area (Å²) in [4.78, 5) is 0. The Morgan fingerprint density at radius 2 is 1.85 bits per heavy atom. The molecule has 0 radical (unpaired) electrons. The van der Waals surface area contributed by atoms with Crippen LogP contribution in [0.3, 0.4) is 0 Å². The molecule has 0 heterocycles. The summed E-state index contributed by atoms with van der Waals surface area (Å²) >= 11 is 0. The molecule has 2 rings (SSSR count). The molecule has 1 aliphatic carbocycles. The minimum absolute atomic E-state index is 0.0689. The van der Waals surface area contributed by atoms with Gasteiger partial charge in [-0.05, 0) is 36.3 Å². The Kier molecular flexibility index (Phi) is 7.36. The molecule has 1 aliphatic rings. The Balaban J connectivity index is 2.12. The normalized spacial score (nSPS) is 16.9. The van der Waals surface area contributed by atoms with Gasteiger partial charge in [0, 0.05) is 23.7 Å². The molecular weight excluding hydrogens is 326 g/mol. The Morgan fingerprint density at radius 1 is 1.19 bits per heavy atom. The van der Waals surface area contributed by atoms with Gasteiger partial charge in [0.15, 0.2) is 0 Å². The Bertz CT molecular complexity index is 571. The molecule has 0 aromatic heterocycles. The number of nitrogens with one attached hydrogen (secondary N) is 1. The summed E-state index contributed by atoms with van der Waals surface area (Å²) < 4.78 is 11.7. The third-order valence-electron chi connectivity index (χ3n) is 5.17. The lowest BCUT2D eigenvalue weighted by molar-refractivity contribution is 0.102. The SMILES string of the molecule is COc1cc(C(C)C)c(OCC(O)CNC2CCCC2)c(C(C)(C)C)c1. The molecule has 0 aliphatic heterocycles. The van der Waals surface area contributed by atoms with Crippen LogP contribution in [0.25, 0.3) is 0 Å².